The van der Waals surface area contributed by atoms with Crippen LogP contribution in [0, 0.1) is 10.1 Å². The molecule has 2 fully saturated rings. The van der Waals surface area contributed by atoms with Gasteiger partial charge in [0.1, 0.15) is 0 Å². The van der Waals surface area contributed by atoms with Gasteiger partial charge in [-0.15, -0.1) is 24.0 Å². The van der Waals surface area contributed by atoms with Crippen molar-refractivity contribution in [1.29, 1.82) is 0 Å². The number of hydrogen-bond acceptors (Lipinski definition) is 4. The highest BCUT2D eigenvalue weighted by Gasteiger charge is 2.30. The zero-order valence-electron chi connectivity index (χ0n) is 15.2. The molecule has 1 aromatic rings. The molecule has 26 heavy (non-hydrogen) atoms. The van der Waals surface area contributed by atoms with E-state index in [9.17, 15) is 10.1 Å². The second-order valence-corrected chi connectivity index (χ2v) is 6.91. The Bertz CT molecular complexity index is 617. The number of hydrogen-bond donors (Lipinski definition) is 2. The average Bonchev–Trinajstić information content (AvgIpc) is 3.30. The summed E-state index contributed by atoms with van der Waals surface area (Å²) in [7, 11) is 1.77. The van der Waals surface area contributed by atoms with Gasteiger partial charge >= 0.3 is 0 Å². The molecule has 1 saturated carbocycles. The van der Waals surface area contributed by atoms with Crippen LogP contribution in [0.4, 0.5) is 5.69 Å². The number of nitro groups is 1. The average molecular weight is 473 g/mol. The third kappa shape index (κ3) is 5.54. The SMILES string of the molecule is CN=C(NCc1ccc([N+](=O)[O-])cc1)NC1CCN(C2CCCC2)C1.I. The van der Waals surface area contributed by atoms with Gasteiger partial charge in [-0.3, -0.25) is 20.0 Å². The molecule has 2 aliphatic rings. The van der Waals surface area contributed by atoms with Crippen molar-refractivity contribution in [2.75, 3.05) is 20.1 Å². The van der Waals surface area contributed by atoms with Crippen LogP contribution in [-0.2, 0) is 6.54 Å². The fourth-order valence-corrected chi connectivity index (χ4v) is 3.82. The van der Waals surface area contributed by atoms with E-state index in [1.165, 1.54) is 44.4 Å². The lowest BCUT2D eigenvalue weighted by Gasteiger charge is -2.24. The first-order valence-corrected chi connectivity index (χ1v) is 9.10. The Kier molecular flexibility index (Phi) is 8.08. The Labute approximate surface area is 171 Å². The molecule has 1 aliphatic carbocycles. The summed E-state index contributed by atoms with van der Waals surface area (Å²) in [5, 5.41) is 17.5. The first-order valence-electron chi connectivity index (χ1n) is 9.10. The van der Waals surface area contributed by atoms with Crippen LogP contribution in [0.3, 0.4) is 0 Å². The summed E-state index contributed by atoms with van der Waals surface area (Å²) in [6.07, 6.45) is 6.59. The van der Waals surface area contributed by atoms with Crippen molar-refractivity contribution in [2.45, 2.75) is 50.7 Å². The highest BCUT2D eigenvalue weighted by Crippen LogP contribution is 2.26. The highest BCUT2D eigenvalue weighted by atomic mass is 127. The Morgan fingerprint density at radius 3 is 2.58 bits per heavy atom. The number of nitrogens with zero attached hydrogens (tertiary/aromatic N) is 3. The van der Waals surface area contributed by atoms with Gasteiger partial charge in [0.2, 0.25) is 0 Å². The standard InChI is InChI=1S/C18H27N5O2.HI/c1-19-18(20-12-14-6-8-17(9-7-14)23(24)25)21-15-10-11-22(13-15)16-4-2-3-5-16;/h6-9,15-16H,2-5,10-13H2,1H3,(H2,19,20,21);1H. The number of likely N-dealkylation sites (tertiary alicyclic amines) is 1. The normalized spacial score (nSPS) is 21.4. The Balaban J connectivity index is 0.00000243. The van der Waals surface area contributed by atoms with Gasteiger partial charge in [-0.05, 0) is 24.8 Å². The van der Waals surface area contributed by atoms with Crippen molar-refractivity contribution in [3.8, 4) is 0 Å². The zero-order valence-corrected chi connectivity index (χ0v) is 17.5. The van der Waals surface area contributed by atoms with Crippen molar-refractivity contribution < 1.29 is 4.92 Å². The van der Waals surface area contributed by atoms with Gasteiger partial charge in [0.15, 0.2) is 5.96 Å². The summed E-state index contributed by atoms with van der Waals surface area (Å²) in [5.41, 5.74) is 1.11. The number of rotatable bonds is 5. The van der Waals surface area contributed by atoms with Crippen LogP contribution < -0.4 is 10.6 Å². The van der Waals surface area contributed by atoms with Crippen molar-refractivity contribution in [2.24, 2.45) is 4.99 Å². The Morgan fingerprint density at radius 1 is 1.27 bits per heavy atom. The van der Waals surface area contributed by atoms with Crippen molar-refractivity contribution in [3.05, 3.63) is 39.9 Å². The van der Waals surface area contributed by atoms with Gasteiger partial charge in [0, 0.05) is 50.9 Å². The van der Waals surface area contributed by atoms with Gasteiger partial charge < -0.3 is 10.6 Å². The lowest BCUT2D eigenvalue weighted by molar-refractivity contribution is -0.384. The molecule has 1 atom stereocenters. The molecule has 1 heterocycles. The molecule has 0 aromatic heterocycles. The van der Waals surface area contributed by atoms with Crippen LogP contribution in [-0.4, -0.2) is 48.0 Å². The largest absolute Gasteiger partial charge is 0.352 e. The number of benzene rings is 1. The zero-order chi connectivity index (χ0) is 17.6. The first-order chi connectivity index (χ1) is 12.2. The molecule has 0 bridgehead atoms. The number of halogens is 1. The van der Waals surface area contributed by atoms with Gasteiger partial charge in [0.25, 0.3) is 5.69 Å². The lowest BCUT2D eigenvalue weighted by Crippen LogP contribution is -2.45. The second kappa shape index (κ2) is 10.1. The maximum atomic E-state index is 10.7. The van der Waals surface area contributed by atoms with Gasteiger partial charge in [-0.25, -0.2) is 0 Å². The molecule has 0 radical (unpaired) electrons. The van der Waals surface area contributed by atoms with Crippen LogP contribution in [0.25, 0.3) is 0 Å². The van der Waals surface area contributed by atoms with E-state index in [1.807, 2.05) is 0 Å². The molecule has 1 aliphatic heterocycles. The van der Waals surface area contributed by atoms with E-state index in [2.05, 4.69) is 20.5 Å². The number of nitro benzene ring substituents is 1. The van der Waals surface area contributed by atoms with E-state index < -0.39 is 0 Å². The van der Waals surface area contributed by atoms with Gasteiger partial charge in [-0.1, -0.05) is 25.0 Å². The Hall–Kier alpha value is -1.42. The Morgan fingerprint density at radius 2 is 1.96 bits per heavy atom. The summed E-state index contributed by atoms with van der Waals surface area (Å²) in [4.78, 5) is 17.2. The molecule has 2 N–H and O–H groups in total. The van der Waals surface area contributed by atoms with Crippen molar-refractivity contribution >= 4 is 35.6 Å². The summed E-state index contributed by atoms with van der Waals surface area (Å²) < 4.78 is 0. The fraction of sp³-hybridized carbons (Fsp3) is 0.611. The molecule has 0 amide bonds. The minimum atomic E-state index is -0.381. The maximum Gasteiger partial charge on any atom is 0.269 e. The molecular weight excluding hydrogens is 445 g/mol. The molecule has 3 rings (SSSR count). The number of nitrogens with one attached hydrogen (secondary N) is 2. The van der Waals surface area contributed by atoms with Crippen LogP contribution in [0.15, 0.2) is 29.3 Å². The summed E-state index contributed by atoms with van der Waals surface area (Å²) in [6.45, 7) is 2.85. The summed E-state index contributed by atoms with van der Waals surface area (Å²) >= 11 is 0. The topological polar surface area (TPSA) is 82.8 Å². The first kappa shape index (κ1) is 20.9. The minimum Gasteiger partial charge on any atom is -0.352 e. The van der Waals surface area contributed by atoms with E-state index in [4.69, 9.17) is 0 Å². The molecule has 8 heteroatoms. The molecule has 1 saturated heterocycles. The van der Waals surface area contributed by atoms with E-state index >= 15 is 0 Å². The summed E-state index contributed by atoms with van der Waals surface area (Å²) in [5.74, 6) is 0.789. The van der Waals surface area contributed by atoms with Crippen molar-refractivity contribution in [1.82, 2.24) is 15.5 Å². The van der Waals surface area contributed by atoms with Crippen molar-refractivity contribution in [3.63, 3.8) is 0 Å². The number of guanidine groups is 1. The second-order valence-electron chi connectivity index (χ2n) is 6.91. The smallest absolute Gasteiger partial charge is 0.269 e. The number of aliphatic imine (C=N–C) groups is 1. The van der Waals surface area contributed by atoms with E-state index in [0.717, 1.165) is 30.5 Å². The van der Waals surface area contributed by atoms with Gasteiger partial charge in [-0.2, -0.15) is 0 Å². The predicted octanol–water partition coefficient (Wildman–Crippen LogP) is 2.89. The quantitative estimate of drug-likeness (QED) is 0.226. The molecular formula is C18H28IN5O2. The molecule has 7 nitrogen and oxygen atoms in total. The fourth-order valence-electron chi connectivity index (χ4n) is 3.82. The van der Waals surface area contributed by atoms with Crippen LogP contribution >= 0.6 is 24.0 Å². The van der Waals surface area contributed by atoms with E-state index in [0.29, 0.717) is 12.6 Å². The van der Waals surface area contributed by atoms with E-state index in [-0.39, 0.29) is 34.6 Å². The summed E-state index contributed by atoms with van der Waals surface area (Å²) in [6, 6.07) is 7.82. The molecule has 1 aromatic carbocycles. The van der Waals surface area contributed by atoms with Crippen LogP contribution in [0.5, 0.6) is 0 Å². The minimum absolute atomic E-state index is 0. The van der Waals surface area contributed by atoms with E-state index in [1.54, 1.807) is 19.2 Å². The van der Waals surface area contributed by atoms with Crippen LogP contribution in [0.1, 0.15) is 37.7 Å². The number of non-ortho nitro benzene ring substituents is 1. The third-order valence-corrected chi connectivity index (χ3v) is 5.23. The van der Waals surface area contributed by atoms with Crippen LogP contribution in [0.2, 0.25) is 0 Å². The molecule has 1 unspecified atom stereocenters. The monoisotopic (exact) mass is 473 g/mol. The molecule has 144 valence electrons. The molecule has 0 spiro atoms. The lowest BCUT2D eigenvalue weighted by atomic mass is 10.2. The maximum absolute atomic E-state index is 10.7. The highest BCUT2D eigenvalue weighted by molar-refractivity contribution is 14.0. The third-order valence-electron chi connectivity index (χ3n) is 5.23. The predicted molar refractivity (Wildman–Crippen MR) is 114 cm³/mol. The van der Waals surface area contributed by atoms with Gasteiger partial charge in [0.05, 0.1) is 4.92 Å².